The second-order valence-corrected chi connectivity index (χ2v) is 6.38. The van der Waals surface area contributed by atoms with Gasteiger partial charge in [-0.25, -0.2) is 9.97 Å². The standard InChI is InChI=1S/C17H22N4O/c1-11-7-6-8-12(2)15(11)20-16(22)13-9-19-14(10-18-13)21-17(3,4)5/h6-10H,1-5H3,(H,19,21)(H,20,22). The molecule has 0 saturated carbocycles. The lowest BCUT2D eigenvalue weighted by atomic mass is 10.1. The van der Waals surface area contributed by atoms with Crippen LogP contribution in [0.3, 0.4) is 0 Å². The lowest BCUT2D eigenvalue weighted by Crippen LogP contribution is -2.27. The van der Waals surface area contributed by atoms with Gasteiger partial charge in [0, 0.05) is 11.2 Å². The molecule has 116 valence electrons. The summed E-state index contributed by atoms with van der Waals surface area (Å²) in [6, 6.07) is 5.89. The third-order valence-electron chi connectivity index (χ3n) is 3.11. The van der Waals surface area contributed by atoms with Crippen LogP contribution in [0.1, 0.15) is 42.4 Å². The zero-order chi connectivity index (χ0) is 16.3. The normalized spacial score (nSPS) is 11.1. The largest absolute Gasteiger partial charge is 0.364 e. The number of para-hydroxylation sites is 1. The zero-order valence-electron chi connectivity index (χ0n) is 13.7. The summed E-state index contributed by atoms with van der Waals surface area (Å²) in [6.07, 6.45) is 3.06. The number of carbonyl (C=O) groups is 1. The second-order valence-electron chi connectivity index (χ2n) is 6.38. The van der Waals surface area contributed by atoms with Crippen molar-refractivity contribution in [2.75, 3.05) is 10.6 Å². The lowest BCUT2D eigenvalue weighted by molar-refractivity contribution is 0.102. The molecule has 0 spiro atoms. The van der Waals surface area contributed by atoms with Crippen molar-refractivity contribution in [1.29, 1.82) is 0 Å². The van der Waals surface area contributed by atoms with E-state index in [0.29, 0.717) is 11.5 Å². The molecule has 0 bridgehead atoms. The lowest BCUT2D eigenvalue weighted by Gasteiger charge is -2.20. The molecule has 0 aliphatic heterocycles. The highest BCUT2D eigenvalue weighted by Gasteiger charge is 2.13. The molecule has 1 aromatic heterocycles. The summed E-state index contributed by atoms with van der Waals surface area (Å²) >= 11 is 0. The van der Waals surface area contributed by atoms with Gasteiger partial charge in [-0.1, -0.05) is 18.2 Å². The Morgan fingerprint density at radius 3 is 2.18 bits per heavy atom. The number of rotatable bonds is 3. The maximum Gasteiger partial charge on any atom is 0.275 e. The maximum absolute atomic E-state index is 12.3. The average Bonchev–Trinajstić information content (AvgIpc) is 2.42. The second kappa shape index (κ2) is 6.13. The van der Waals surface area contributed by atoms with E-state index in [1.807, 2.05) is 52.8 Å². The van der Waals surface area contributed by atoms with Crippen molar-refractivity contribution in [2.24, 2.45) is 0 Å². The molecule has 2 aromatic rings. The number of amides is 1. The van der Waals surface area contributed by atoms with Crippen LogP contribution in [-0.2, 0) is 0 Å². The van der Waals surface area contributed by atoms with Crippen LogP contribution in [0, 0.1) is 13.8 Å². The molecule has 0 atom stereocenters. The Morgan fingerprint density at radius 2 is 1.68 bits per heavy atom. The van der Waals surface area contributed by atoms with Crippen molar-refractivity contribution in [3.63, 3.8) is 0 Å². The van der Waals surface area contributed by atoms with Gasteiger partial charge in [0.05, 0.1) is 12.4 Å². The zero-order valence-corrected chi connectivity index (χ0v) is 13.7. The average molecular weight is 298 g/mol. The SMILES string of the molecule is Cc1cccc(C)c1NC(=O)c1cnc(NC(C)(C)C)cn1. The van der Waals surface area contributed by atoms with Gasteiger partial charge in [-0.15, -0.1) is 0 Å². The van der Waals surface area contributed by atoms with E-state index in [9.17, 15) is 4.79 Å². The van der Waals surface area contributed by atoms with E-state index >= 15 is 0 Å². The van der Waals surface area contributed by atoms with Gasteiger partial charge in [-0.2, -0.15) is 0 Å². The maximum atomic E-state index is 12.3. The Morgan fingerprint density at radius 1 is 1.05 bits per heavy atom. The van der Waals surface area contributed by atoms with Crippen molar-refractivity contribution in [3.05, 3.63) is 47.4 Å². The van der Waals surface area contributed by atoms with E-state index in [-0.39, 0.29) is 11.4 Å². The fourth-order valence-electron chi connectivity index (χ4n) is 2.08. The van der Waals surface area contributed by atoms with Gasteiger partial charge in [-0.3, -0.25) is 4.79 Å². The van der Waals surface area contributed by atoms with E-state index in [2.05, 4.69) is 20.6 Å². The fraction of sp³-hybridized carbons (Fsp3) is 0.353. The molecule has 0 aliphatic carbocycles. The molecule has 5 nitrogen and oxygen atoms in total. The fourth-order valence-corrected chi connectivity index (χ4v) is 2.08. The minimum absolute atomic E-state index is 0.100. The predicted octanol–water partition coefficient (Wildman–Crippen LogP) is 3.56. The molecule has 0 saturated heterocycles. The highest BCUT2D eigenvalue weighted by molar-refractivity contribution is 6.03. The van der Waals surface area contributed by atoms with Gasteiger partial charge < -0.3 is 10.6 Å². The van der Waals surface area contributed by atoms with E-state index in [1.165, 1.54) is 6.20 Å². The van der Waals surface area contributed by atoms with Crippen LogP contribution >= 0.6 is 0 Å². The third kappa shape index (κ3) is 4.04. The Labute approximate surface area is 131 Å². The molecule has 0 aliphatic rings. The number of nitrogens with one attached hydrogen (secondary N) is 2. The molecule has 0 unspecified atom stereocenters. The van der Waals surface area contributed by atoms with Crippen molar-refractivity contribution in [2.45, 2.75) is 40.2 Å². The molecule has 1 amide bonds. The topological polar surface area (TPSA) is 66.9 Å². The first-order valence-corrected chi connectivity index (χ1v) is 7.24. The smallest absolute Gasteiger partial charge is 0.275 e. The molecule has 2 N–H and O–H groups in total. The predicted molar refractivity (Wildman–Crippen MR) is 89.3 cm³/mol. The van der Waals surface area contributed by atoms with Crippen LogP contribution in [0.4, 0.5) is 11.5 Å². The first kappa shape index (κ1) is 15.9. The number of hydrogen-bond donors (Lipinski definition) is 2. The van der Waals surface area contributed by atoms with Gasteiger partial charge in [0.2, 0.25) is 0 Å². The Balaban J connectivity index is 2.13. The van der Waals surface area contributed by atoms with E-state index < -0.39 is 0 Å². The molecule has 22 heavy (non-hydrogen) atoms. The molecule has 0 fully saturated rings. The van der Waals surface area contributed by atoms with Crippen LogP contribution in [0.2, 0.25) is 0 Å². The summed E-state index contributed by atoms with van der Waals surface area (Å²) in [7, 11) is 0. The highest BCUT2D eigenvalue weighted by Crippen LogP contribution is 2.20. The molecule has 0 radical (unpaired) electrons. The Hall–Kier alpha value is -2.43. The first-order chi connectivity index (χ1) is 10.3. The highest BCUT2D eigenvalue weighted by atomic mass is 16.1. The quantitative estimate of drug-likeness (QED) is 0.909. The van der Waals surface area contributed by atoms with E-state index in [4.69, 9.17) is 0 Å². The molecule has 2 rings (SSSR count). The minimum atomic E-state index is -0.257. The number of anilines is 2. The summed E-state index contributed by atoms with van der Waals surface area (Å²) in [6.45, 7) is 10.0. The van der Waals surface area contributed by atoms with Gasteiger partial charge in [0.25, 0.3) is 5.91 Å². The molecular formula is C17H22N4O. The number of aryl methyl sites for hydroxylation is 2. The summed E-state index contributed by atoms with van der Waals surface area (Å²) in [4.78, 5) is 20.7. The molecule has 1 heterocycles. The summed E-state index contributed by atoms with van der Waals surface area (Å²) < 4.78 is 0. The van der Waals surface area contributed by atoms with Gasteiger partial charge in [-0.05, 0) is 45.7 Å². The Kier molecular flexibility index (Phi) is 4.45. The van der Waals surface area contributed by atoms with Gasteiger partial charge >= 0.3 is 0 Å². The number of aromatic nitrogens is 2. The molecule has 5 heteroatoms. The van der Waals surface area contributed by atoms with Crippen molar-refractivity contribution < 1.29 is 4.79 Å². The number of carbonyl (C=O) groups excluding carboxylic acids is 1. The Bertz CT molecular complexity index is 652. The summed E-state index contributed by atoms with van der Waals surface area (Å²) in [5, 5.41) is 6.11. The molecule has 1 aromatic carbocycles. The van der Waals surface area contributed by atoms with Crippen LogP contribution in [0.15, 0.2) is 30.6 Å². The van der Waals surface area contributed by atoms with Crippen molar-refractivity contribution in [1.82, 2.24) is 9.97 Å². The van der Waals surface area contributed by atoms with E-state index in [0.717, 1.165) is 16.8 Å². The third-order valence-corrected chi connectivity index (χ3v) is 3.11. The summed E-state index contributed by atoms with van der Waals surface area (Å²) in [5.41, 5.74) is 3.06. The van der Waals surface area contributed by atoms with Crippen LogP contribution in [-0.4, -0.2) is 21.4 Å². The van der Waals surface area contributed by atoms with Gasteiger partial charge in [0.1, 0.15) is 11.5 Å². The number of benzene rings is 1. The number of nitrogens with zero attached hydrogens (tertiary/aromatic N) is 2. The monoisotopic (exact) mass is 298 g/mol. The van der Waals surface area contributed by atoms with Crippen molar-refractivity contribution in [3.8, 4) is 0 Å². The summed E-state index contributed by atoms with van der Waals surface area (Å²) in [5.74, 6) is 0.392. The molecular weight excluding hydrogens is 276 g/mol. The van der Waals surface area contributed by atoms with E-state index in [1.54, 1.807) is 6.20 Å². The van der Waals surface area contributed by atoms with Crippen molar-refractivity contribution >= 4 is 17.4 Å². The number of hydrogen-bond acceptors (Lipinski definition) is 4. The first-order valence-electron chi connectivity index (χ1n) is 7.24. The minimum Gasteiger partial charge on any atom is -0.364 e. The van der Waals surface area contributed by atoms with Crippen LogP contribution in [0.5, 0.6) is 0 Å². The van der Waals surface area contributed by atoms with Crippen LogP contribution < -0.4 is 10.6 Å². The van der Waals surface area contributed by atoms with Gasteiger partial charge in [0.15, 0.2) is 0 Å². The van der Waals surface area contributed by atoms with Crippen LogP contribution in [0.25, 0.3) is 0 Å².